The van der Waals surface area contributed by atoms with E-state index in [0.717, 1.165) is 19.3 Å². The number of anilines is 2. The van der Waals surface area contributed by atoms with Gasteiger partial charge in [-0.15, -0.1) is 0 Å². The van der Waals surface area contributed by atoms with Crippen molar-refractivity contribution in [3.8, 4) is 0 Å². The van der Waals surface area contributed by atoms with E-state index < -0.39 is 0 Å². The highest BCUT2D eigenvalue weighted by atomic mass is 16.2. The molecule has 1 spiro atoms. The molecular formula is C13H15N3O2. The number of imide groups is 1. The van der Waals surface area contributed by atoms with Gasteiger partial charge in [-0.25, -0.2) is 9.69 Å². The molecule has 1 saturated carbocycles. The number of carbonyl (C=O) groups excluding carboxylic acids is 2. The Labute approximate surface area is 105 Å². The molecule has 1 saturated heterocycles. The number of nitrogens with one attached hydrogen (secondary N) is 1. The fourth-order valence-corrected chi connectivity index (χ4v) is 2.58. The second-order valence-corrected chi connectivity index (χ2v) is 5.02. The first-order chi connectivity index (χ1) is 8.62. The minimum Gasteiger partial charge on any atom is -0.399 e. The first kappa shape index (κ1) is 11.1. The second kappa shape index (κ2) is 3.73. The summed E-state index contributed by atoms with van der Waals surface area (Å²) in [7, 11) is 0. The smallest absolute Gasteiger partial charge is 0.328 e. The number of urea groups is 1. The zero-order chi connectivity index (χ0) is 12.8. The molecule has 5 heteroatoms. The van der Waals surface area contributed by atoms with Crippen LogP contribution in [0.1, 0.15) is 19.3 Å². The molecule has 0 aromatic heterocycles. The Bertz CT molecular complexity index is 505. The number of nitrogens with two attached hydrogens (primary N) is 1. The first-order valence-electron chi connectivity index (χ1n) is 6.10. The van der Waals surface area contributed by atoms with Crippen LogP contribution in [0, 0.1) is 5.41 Å². The number of amides is 3. The number of hydrogen-bond acceptors (Lipinski definition) is 3. The first-order valence-corrected chi connectivity index (χ1v) is 6.10. The lowest BCUT2D eigenvalue weighted by Crippen LogP contribution is -2.63. The van der Waals surface area contributed by atoms with Crippen LogP contribution in [0.2, 0.25) is 0 Å². The van der Waals surface area contributed by atoms with Gasteiger partial charge in [-0.3, -0.25) is 4.79 Å². The summed E-state index contributed by atoms with van der Waals surface area (Å²) >= 11 is 0. The summed E-state index contributed by atoms with van der Waals surface area (Å²) in [5.41, 5.74) is 6.44. The summed E-state index contributed by atoms with van der Waals surface area (Å²) < 4.78 is 0. The van der Waals surface area contributed by atoms with Crippen LogP contribution in [0.4, 0.5) is 16.2 Å². The molecule has 1 aliphatic heterocycles. The summed E-state index contributed by atoms with van der Waals surface area (Å²) in [6.07, 6.45) is 2.77. The molecule has 2 aliphatic rings. The van der Waals surface area contributed by atoms with E-state index in [1.807, 2.05) is 0 Å². The maximum absolute atomic E-state index is 12.5. The van der Waals surface area contributed by atoms with Gasteiger partial charge in [-0.05, 0) is 37.1 Å². The van der Waals surface area contributed by atoms with E-state index in [0.29, 0.717) is 17.9 Å². The van der Waals surface area contributed by atoms with Gasteiger partial charge in [0.1, 0.15) is 0 Å². The van der Waals surface area contributed by atoms with Gasteiger partial charge in [0.25, 0.3) is 0 Å². The molecule has 1 heterocycles. The molecule has 1 aliphatic carbocycles. The van der Waals surface area contributed by atoms with Crippen molar-refractivity contribution in [1.82, 2.24) is 5.32 Å². The third-order valence-electron chi connectivity index (χ3n) is 3.90. The van der Waals surface area contributed by atoms with Crippen molar-refractivity contribution in [2.75, 3.05) is 17.2 Å². The number of rotatable bonds is 1. The Morgan fingerprint density at radius 1 is 1.17 bits per heavy atom. The summed E-state index contributed by atoms with van der Waals surface area (Å²) in [4.78, 5) is 25.6. The van der Waals surface area contributed by atoms with Crippen LogP contribution in [-0.4, -0.2) is 18.5 Å². The standard InChI is InChI=1S/C13H15N3O2/c14-9-2-4-10(5-3-9)16-11(17)13(6-1-7-13)8-15-12(16)18/h2-5H,1,6-8,14H2,(H,15,18). The van der Waals surface area contributed by atoms with Crippen molar-refractivity contribution in [1.29, 1.82) is 0 Å². The highest BCUT2D eigenvalue weighted by Gasteiger charge is 2.51. The van der Waals surface area contributed by atoms with Gasteiger partial charge in [0.2, 0.25) is 5.91 Å². The van der Waals surface area contributed by atoms with Crippen LogP contribution in [0.3, 0.4) is 0 Å². The number of benzene rings is 1. The fourth-order valence-electron chi connectivity index (χ4n) is 2.58. The summed E-state index contributed by atoms with van der Waals surface area (Å²) in [6.45, 7) is 0.468. The molecule has 0 bridgehead atoms. The van der Waals surface area contributed by atoms with E-state index >= 15 is 0 Å². The SMILES string of the molecule is Nc1ccc(N2C(=O)NCC3(CCC3)C2=O)cc1. The number of nitrogens with zero attached hydrogens (tertiary/aromatic N) is 1. The third-order valence-corrected chi connectivity index (χ3v) is 3.90. The van der Waals surface area contributed by atoms with Crippen molar-refractivity contribution in [3.63, 3.8) is 0 Å². The van der Waals surface area contributed by atoms with Crippen molar-refractivity contribution in [2.24, 2.45) is 5.41 Å². The molecule has 3 N–H and O–H groups in total. The lowest BCUT2D eigenvalue weighted by atomic mass is 9.67. The number of nitrogen functional groups attached to an aromatic ring is 1. The molecular weight excluding hydrogens is 230 g/mol. The highest BCUT2D eigenvalue weighted by molar-refractivity contribution is 6.18. The van der Waals surface area contributed by atoms with E-state index in [1.54, 1.807) is 24.3 Å². The van der Waals surface area contributed by atoms with Crippen molar-refractivity contribution in [2.45, 2.75) is 19.3 Å². The van der Waals surface area contributed by atoms with E-state index in [-0.39, 0.29) is 17.4 Å². The number of carbonyl (C=O) groups is 2. The van der Waals surface area contributed by atoms with Gasteiger partial charge < -0.3 is 11.1 Å². The second-order valence-electron chi connectivity index (χ2n) is 5.02. The normalized spacial score (nSPS) is 21.7. The van der Waals surface area contributed by atoms with E-state index in [1.165, 1.54) is 4.90 Å². The largest absolute Gasteiger partial charge is 0.399 e. The van der Waals surface area contributed by atoms with Gasteiger partial charge in [0.15, 0.2) is 0 Å². The molecule has 2 fully saturated rings. The van der Waals surface area contributed by atoms with E-state index in [9.17, 15) is 9.59 Å². The van der Waals surface area contributed by atoms with Gasteiger partial charge in [0.05, 0.1) is 11.1 Å². The zero-order valence-electron chi connectivity index (χ0n) is 9.98. The van der Waals surface area contributed by atoms with Gasteiger partial charge in [0, 0.05) is 12.2 Å². The molecule has 94 valence electrons. The zero-order valence-corrected chi connectivity index (χ0v) is 9.98. The predicted molar refractivity (Wildman–Crippen MR) is 68.0 cm³/mol. The van der Waals surface area contributed by atoms with Gasteiger partial charge in [-0.1, -0.05) is 6.42 Å². The van der Waals surface area contributed by atoms with Crippen LogP contribution in [-0.2, 0) is 4.79 Å². The summed E-state index contributed by atoms with van der Waals surface area (Å²) in [5.74, 6) is -0.0812. The lowest BCUT2D eigenvalue weighted by Gasteiger charge is -2.46. The molecule has 0 unspecified atom stereocenters. The fraction of sp³-hybridized carbons (Fsp3) is 0.385. The average molecular weight is 245 g/mol. The molecule has 1 aromatic rings. The molecule has 0 atom stereocenters. The van der Waals surface area contributed by atoms with Crippen LogP contribution in [0.15, 0.2) is 24.3 Å². The molecule has 0 radical (unpaired) electrons. The van der Waals surface area contributed by atoms with Crippen molar-refractivity contribution < 1.29 is 9.59 Å². The Morgan fingerprint density at radius 2 is 1.83 bits per heavy atom. The quantitative estimate of drug-likeness (QED) is 0.736. The van der Waals surface area contributed by atoms with Crippen LogP contribution < -0.4 is 16.0 Å². The maximum Gasteiger partial charge on any atom is 0.328 e. The average Bonchev–Trinajstić information content (AvgIpc) is 2.30. The van der Waals surface area contributed by atoms with Crippen molar-refractivity contribution >= 4 is 23.3 Å². The minimum absolute atomic E-state index is 0.0812. The van der Waals surface area contributed by atoms with E-state index in [2.05, 4.69) is 5.32 Å². The Hall–Kier alpha value is -2.04. The van der Waals surface area contributed by atoms with Gasteiger partial charge >= 0.3 is 6.03 Å². The number of hydrogen-bond donors (Lipinski definition) is 2. The minimum atomic E-state index is -0.366. The summed E-state index contributed by atoms with van der Waals surface area (Å²) in [6, 6.07) is 6.44. The lowest BCUT2D eigenvalue weighted by molar-refractivity contribution is -0.132. The Kier molecular flexibility index (Phi) is 2.29. The highest BCUT2D eigenvalue weighted by Crippen LogP contribution is 2.44. The van der Waals surface area contributed by atoms with Crippen LogP contribution >= 0.6 is 0 Å². The van der Waals surface area contributed by atoms with Crippen molar-refractivity contribution in [3.05, 3.63) is 24.3 Å². The van der Waals surface area contributed by atoms with Crippen LogP contribution in [0.25, 0.3) is 0 Å². The predicted octanol–water partition coefficient (Wildman–Crippen LogP) is 1.50. The van der Waals surface area contributed by atoms with Crippen LogP contribution in [0.5, 0.6) is 0 Å². The molecule has 5 nitrogen and oxygen atoms in total. The monoisotopic (exact) mass is 245 g/mol. The molecule has 3 amide bonds. The summed E-state index contributed by atoms with van der Waals surface area (Å²) in [5, 5.41) is 2.80. The topological polar surface area (TPSA) is 75.4 Å². The molecule has 18 heavy (non-hydrogen) atoms. The Balaban J connectivity index is 1.95. The molecule has 1 aromatic carbocycles. The Morgan fingerprint density at radius 3 is 2.39 bits per heavy atom. The maximum atomic E-state index is 12.5. The third kappa shape index (κ3) is 1.47. The van der Waals surface area contributed by atoms with E-state index in [4.69, 9.17) is 5.73 Å². The van der Waals surface area contributed by atoms with Gasteiger partial charge in [-0.2, -0.15) is 0 Å². The molecule has 3 rings (SSSR count).